The van der Waals surface area contributed by atoms with Crippen LogP contribution in [0.1, 0.15) is 12.5 Å². The fourth-order valence-electron chi connectivity index (χ4n) is 1.13. The molecular weight excluding hydrogens is 222 g/mol. The van der Waals surface area contributed by atoms with Gasteiger partial charge < -0.3 is 20.0 Å². The fourth-order valence-corrected chi connectivity index (χ4v) is 1.13. The first kappa shape index (κ1) is 13.0. The highest BCUT2D eigenvalue weighted by Gasteiger charge is 2.08. The van der Waals surface area contributed by atoms with Crippen molar-refractivity contribution in [3.05, 3.63) is 29.8 Å². The first-order chi connectivity index (χ1) is 7.99. The molecule has 1 aromatic rings. The number of aliphatic carboxylic acids is 1. The highest BCUT2D eigenvalue weighted by molar-refractivity contribution is 5.83. The monoisotopic (exact) mass is 236 g/mol. The Bertz CT molecular complexity index is 399. The summed E-state index contributed by atoms with van der Waals surface area (Å²) in [5, 5.41) is 12.6. The fraction of sp³-hybridized carbons (Fsp3) is 0.333. The zero-order valence-corrected chi connectivity index (χ0v) is 9.73. The van der Waals surface area contributed by atoms with Gasteiger partial charge in [-0.1, -0.05) is 17.7 Å². The molecule has 1 atom stereocenters. The minimum atomic E-state index is -1.33. The SMILES string of the molecule is Cc1ccc(OCC(=O)N[C@H](C)C(=O)[O-])cc1. The van der Waals surface area contributed by atoms with Crippen molar-refractivity contribution in [1.82, 2.24) is 5.32 Å². The van der Waals surface area contributed by atoms with Gasteiger partial charge >= 0.3 is 0 Å². The molecule has 0 heterocycles. The lowest BCUT2D eigenvalue weighted by Gasteiger charge is -2.14. The predicted molar refractivity (Wildman–Crippen MR) is 59.3 cm³/mol. The lowest BCUT2D eigenvalue weighted by atomic mass is 10.2. The number of amides is 1. The van der Waals surface area contributed by atoms with E-state index < -0.39 is 17.9 Å². The molecule has 0 aliphatic heterocycles. The van der Waals surface area contributed by atoms with E-state index in [1.54, 1.807) is 12.1 Å². The number of carboxylic acid groups (broad SMARTS) is 1. The van der Waals surface area contributed by atoms with Crippen molar-refractivity contribution in [3.8, 4) is 5.75 Å². The quantitative estimate of drug-likeness (QED) is 0.756. The summed E-state index contributed by atoms with van der Waals surface area (Å²) in [6, 6.07) is 6.17. The highest BCUT2D eigenvalue weighted by Crippen LogP contribution is 2.10. The van der Waals surface area contributed by atoms with E-state index in [0.29, 0.717) is 5.75 Å². The number of hydrogen-bond acceptors (Lipinski definition) is 4. The standard InChI is InChI=1S/C12H15NO4/c1-8-3-5-10(6-4-8)17-7-11(14)13-9(2)12(15)16/h3-6,9H,7H2,1-2H3,(H,13,14)(H,15,16)/p-1/t9-/m1/s1. The van der Waals surface area contributed by atoms with Gasteiger partial charge in [0.15, 0.2) is 6.61 Å². The van der Waals surface area contributed by atoms with E-state index in [4.69, 9.17) is 4.74 Å². The lowest BCUT2D eigenvalue weighted by molar-refractivity contribution is -0.307. The molecule has 0 fully saturated rings. The molecular formula is C12H14NO4-. The minimum Gasteiger partial charge on any atom is -0.548 e. The van der Waals surface area contributed by atoms with Crippen LogP contribution in [0.5, 0.6) is 5.75 Å². The zero-order chi connectivity index (χ0) is 12.8. The number of nitrogens with one attached hydrogen (secondary N) is 1. The van der Waals surface area contributed by atoms with Crippen LogP contribution in [0.3, 0.4) is 0 Å². The smallest absolute Gasteiger partial charge is 0.258 e. The second-order valence-corrected chi connectivity index (χ2v) is 3.71. The van der Waals surface area contributed by atoms with Crippen molar-refractivity contribution >= 4 is 11.9 Å². The Morgan fingerprint density at radius 1 is 1.35 bits per heavy atom. The van der Waals surface area contributed by atoms with Gasteiger partial charge in [0.05, 0.1) is 12.0 Å². The Kier molecular flexibility index (Phi) is 4.51. The molecule has 0 aliphatic rings. The summed E-state index contributed by atoms with van der Waals surface area (Å²) in [5.74, 6) is -1.26. The molecule has 0 spiro atoms. The van der Waals surface area contributed by atoms with E-state index in [9.17, 15) is 14.7 Å². The van der Waals surface area contributed by atoms with E-state index in [1.165, 1.54) is 6.92 Å². The topological polar surface area (TPSA) is 78.5 Å². The molecule has 0 saturated carbocycles. The molecule has 0 aliphatic carbocycles. The average molecular weight is 236 g/mol. The molecule has 0 bridgehead atoms. The molecule has 1 rings (SSSR count). The largest absolute Gasteiger partial charge is 0.548 e. The Morgan fingerprint density at radius 2 is 1.94 bits per heavy atom. The number of carbonyl (C=O) groups excluding carboxylic acids is 2. The second-order valence-electron chi connectivity index (χ2n) is 3.71. The Hall–Kier alpha value is -2.04. The van der Waals surface area contributed by atoms with Gasteiger partial charge in [0, 0.05) is 0 Å². The van der Waals surface area contributed by atoms with Gasteiger partial charge in [-0.15, -0.1) is 0 Å². The number of aryl methyl sites for hydroxylation is 1. The third kappa shape index (κ3) is 4.55. The molecule has 0 unspecified atom stereocenters. The van der Waals surface area contributed by atoms with Crippen molar-refractivity contribution in [3.63, 3.8) is 0 Å². The number of hydrogen-bond donors (Lipinski definition) is 1. The van der Waals surface area contributed by atoms with E-state index in [1.807, 2.05) is 19.1 Å². The van der Waals surface area contributed by atoms with Crippen molar-refractivity contribution in [1.29, 1.82) is 0 Å². The average Bonchev–Trinajstić information content (AvgIpc) is 2.28. The predicted octanol–water partition coefficient (Wildman–Crippen LogP) is -0.372. The molecule has 0 saturated heterocycles. The Balaban J connectivity index is 2.38. The second kappa shape index (κ2) is 5.89. The maximum atomic E-state index is 11.3. The van der Waals surface area contributed by atoms with Crippen LogP contribution in [-0.2, 0) is 9.59 Å². The maximum Gasteiger partial charge on any atom is 0.258 e. The zero-order valence-electron chi connectivity index (χ0n) is 9.73. The number of ether oxygens (including phenoxy) is 1. The van der Waals surface area contributed by atoms with E-state index >= 15 is 0 Å². The minimum absolute atomic E-state index is 0.222. The maximum absolute atomic E-state index is 11.3. The van der Waals surface area contributed by atoms with E-state index in [-0.39, 0.29) is 6.61 Å². The Morgan fingerprint density at radius 3 is 2.47 bits per heavy atom. The first-order valence-electron chi connectivity index (χ1n) is 5.18. The number of rotatable bonds is 5. The van der Waals surface area contributed by atoms with E-state index in [2.05, 4.69) is 5.32 Å². The van der Waals surface area contributed by atoms with E-state index in [0.717, 1.165) is 5.56 Å². The molecule has 1 amide bonds. The van der Waals surface area contributed by atoms with Crippen LogP contribution in [0.25, 0.3) is 0 Å². The van der Waals surface area contributed by atoms with Gasteiger partial charge in [-0.2, -0.15) is 0 Å². The molecule has 0 radical (unpaired) electrons. The molecule has 17 heavy (non-hydrogen) atoms. The summed E-state index contributed by atoms with van der Waals surface area (Å²) in [5.41, 5.74) is 1.09. The summed E-state index contributed by atoms with van der Waals surface area (Å²) in [4.78, 5) is 21.7. The third-order valence-electron chi connectivity index (χ3n) is 2.12. The summed E-state index contributed by atoms with van der Waals surface area (Å²) in [7, 11) is 0. The van der Waals surface area contributed by atoms with Gasteiger partial charge in [0.2, 0.25) is 0 Å². The third-order valence-corrected chi connectivity index (χ3v) is 2.12. The van der Waals surface area contributed by atoms with Gasteiger partial charge in [0.1, 0.15) is 5.75 Å². The van der Waals surface area contributed by atoms with Crippen LogP contribution in [0, 0.1) is 6.92 Å². The van der Waals surface area contributed by atoms with Crippen molar-refractivity contribution in [2.24, 2.45) is 0 Å². The van der Waals surface area contributed by atoms with Crippen LogP contribution in [-0.4, -0.2) is 24.5 Å². The molecule has 5 nitrogen and oxygen atoms in total. The van der Waals surface area contributed by atoms with Gasteiger partial charge in [-0.05, 0) is 26.0 Å². The van der Waals surface area contributed by atoms with Crippen molar-refractivity contribution in [2.75, 3.05) is 6.61 Å². The molecule has 0 aromatic heterocycles. The molecule has 92 valence electrons. The van der Waals surface area contributed by atoms with Gasteiger partial charge in [-0.25, -0.2) is 0 Å². The van der Waals surface area contributed by atoms with Crippen LogP contribution >= 0.6 is 0 Å². The molecule has 1 N–H and O–H groups in total. The summed E-state index contributed by atoms with van der Waals surface area (Å²) in [6.45, 7) is 3.05. The van der Waals surface area contributed by atoms with Gasteiger partial charge in [0.25, 0.3) is 5.91 Å². The normalized spacial score (nSPS) is 11.6. The number of carboxylic acids is 1. The number of benzene rings is 1. The lowest BCUT2D eigenvalue weighted by Crippen LogP contribution is -2.47. The highest BCUT2D eigenvalue weighted by atomic mass is 16.5. The molecule has 5 heteroatoms. The first-order valence-corrected chi connectivity index (χ1v) is 5.18. The van der Waals surface area contributed by atoms with Crippen molar-refractivity contribution < 1.29 is 19.4 Å². The summed E-state index contributed by atoms with van der Waals surface area (Å²) < 4.78 is 5.18. The van der Waals surface area contributed by atoms with Crippen LogP contribution in [0.15, 0.2) is 24.3 Å². The molecule has 1 aromatic carbocycles. The number of carbonyl (C=O) groups is 2. The van der Waals surface area contributed by atoms with Crippen molar-refractivity contribution in [2.45, 2.75) is 19.9 Å². The van der Waals surface area contributed by atoms with Crippen LogP contribution in [0.4, 0.5) is 0 Å². The van der Waals surface area contributed by atoms with Crippen LogP contribution in [0.2, 0.25) is 0 Å². The van der Waals surface area contributed by atoms with Gasteiger partial charge in [-0.3, -0.25) is 4.79 Å². The summed E-state index contributed by atoms with van der Waals surface area (Å²) in [6.07, 6.45) is 0. The van der Waals surface area contributed by atoms with Crippen LogP contribution < -0.4 is 15.2 Å². The Labute approximate surface area is 99.4 Å². The summed E-state index contributed by atoms with van der Waals surface area (Å²) >= 11 is 0.